The van der Waals surface area contributed by atoms with Crippen LogP contribution in [-0.4, -0.2) is 26.5 Å². The molecule has 2 unspecified atom stereocenters. The molecular weight excluding hydrogens is 221 g/mol. The summed E-state index contributed by atoms with van der Waals surface area (Å²) in [6.45, 7) is 0.621. The molecule has 0 bridgehead atoms. The first-order valence-corrected chi connectivity index (χ1v) is 5.53. The standard InChI is InChI=1S/C11H16FN5/c12-11(6-9(13)2-3-10(11)14)4-1-5-17-8-15-7-16-17/h2-3,6-8,10H,1,4-5,13-14H2. The highest BCUT2D eigenvalue weighted by Gasteiger charge is 2.34. The van der Waals surface area contributed by atoms with Crippen LogP contribution in [0.5, 0.6) is 0 Å². The van der Waals surface area contributed by atoms with Crippen molar-refractivity contribution < 1.29 is 4.39 Å². The van der Waals surface area contributed by atoms with E-state index >= 15 is 0 Å². The fraction of sp³-hybridized carbons (Fsp3) is 0.455. The second-order valence-electron chi connectivity index (χ2n) is 4.22. The maximum atomic E-state index is 14.5. The Balaban J connectivity index is 1.91. The Kier molecular flexibility index (Phi) is 3.23. The van der Waals surface area contributed by atoms with Gasteiger partial charge in [-0.15, -0.1) is 0 Å². The van der Waals surface area contributed by atoms with Gasteiger partial charge in [-0.1, -0.05) is 6.08 Å². The minimum atomic E-state index is -1.56. The number of alkyl halides is 1. The molecule has 0 fully saturated rings. The summed E-state index contributed by atoms with van der Waals surface area (Å²) in [6.07, 6.45) is 8.65. The van der Waals surface area contributed by atoms with Crippen molar-refractivity contribution >= 4 is 0 Å². The van der Waals surface area contributed by atoms with Crippen molar-refractivity contribution in [1.29, 1.82) is 0 Å². The average Bonchev–Trinajstić information content (AvgIpc) is 2.77. The van der Waals surface area contributed by atoms with E-state index < -0.39 is 11.7 Å². The molecule has 1 aliphatic rings. The molecule has 92 valence electrons. The third-order valence-corrected chi connectivity index (χ3v) is 2.87. The lowest BCUT2D eigenvalue weighted by Crippen LogP contribution is -2.43. The van der Waals surface area contributed by atoms with Gasteiger partial charge in [-0.25, -0.2) is 9.37 Å². The zero-order valence-electron chi connectivity index (χ0n) is 9.46. The van der Waals surface area contributed by atoms with Gasteiger partial charge in [0.2, 0.25) is 0 Å². The molecule has 1 aromatic rings. The van der Waals surface area contributed by atoms with Crippen LogP contribution in [-0.2, 0) is 6.54 Å². The summed E-state index contributed by atoms with van der Waals surface area (Å²) in [5.74, 6) is 0. The zero-order valence-corrected chi connectivity index (χ0v) is 9.46. The largest absolute Gasteiger partial charge is 0.399 e. The molecule has 6 heteroatoms. The second kappa shape index (κ2) is 4.67. The first-order chi connectivity index (χ1) is 8.10. The lowest BCUT2D eigenvalue weighted by atomic mass is 9.87. The smallest absolute Gasteiger partial charge is 0.150 e. The Hall–Kier alpha value is -1.69. The van der Waals surface area contributed by atoms with Crippen LogP contribution in [0, 0.1) is 0 Å². The molecule has 0 aliphatic heterocycles. The molecule has 0 saturated heterocycles. The van der Waals surface area contributed by atoms with Crippen LogP contribution < -0.4 is 11.5 Å². The maximum Gasteiger partial charge on any atom is 0.150 e. The van der Waals surface area contributed by atoms with Crippen molar-refractivity contribution in [2.75, 3.05) is 0 Å². The van der Waals surface area contributed by atoms with E-state index in [0.717, 1.165) is 0 Å². The highest BCUT2D eigenvalue weighted by Crippen LogP contribution is 2.28. The molecule has 1 aromatic heterocycles. The number of nitrogens with two attached hydrogens (primary N) is 2. The van der Waals surface area contributed by atoms with Crippen LogP contribution in [0.1, 0.15) is 12.8 Å². The Morgan fingerprint density at radius 1 is 1.53 bits per heavy atom. The van der Waals surface area contributed by atoms with E-state index in [1.807, 2.05) is 0 Å². The van der Waals surface area contributed by atoms with Gasteiger partial charge in [0.1, 0.15) is 18.3 Å². The summed E-state index contributed by atoms with van der Waals surface area (Å²) in [5, 5.41) is 3.95. The van der Waals surface area contributed by atoms with Gasteiger partial charge >= 0.3 is 0 Å². The molecule has 4 N–H and O–H groups in total. The van der Waals surface area contributed by atoms with Gasteiger partial charge in [0.05, 0.1) is 6.04 Å². The number of allylic oxidation sites excluding steroid dienone is 1. The Labute approximate surface area is 99.0 Å². The van der Waals surface area contributed by atoms with Gasteiger partial charge in [-0.2, -0.15) is 5.10 Å². The predicted molar refractivity (Wildman–Crippen MR) is 62.5 cm³/mol. The fourth-order valence-corrected chi connectivity index (χ4v) is 1.90. The van der Waals surface area contributed by atoms with Gasteiger partial charge < -0.3 is 11.5 Å². The molecule has 2 rings (SSSR count). The number of aryl methyl sites for hydroxylation is 1. The molecule has 17 heavy (non-hydrogen) atoms. The van der Waals surface area contributed by atoms with Gasteiger partial charge in [0.25, 0.3) is 0 Å². The number of rotatable bonds is 4. The molecule has 0 spiro atoms. The summed E-state index contributed by atoms with van der Waals surface area (Å²) in [6, 6.07) is -0.634. The van der Waals surface area contributed by atoms with Gasteiger partial charge in [0.15, 0.2) is 0 Å². The highest BCUT2D eigenvalue weighted by atomic mass is 19.1. The van der Waals surface area contributed by atoms with E-state index in [2.05, 4.69) is 10.1 Å². The minimum Gasteiger partial charge on any atom is -0.399 e. The monoisotopic (exact) mass is 237 g/mol. The highest BCUT2D eigenvalue weighted by molar-refractivity contribution is 5.30. The summed E-state index contributed by atoms with van der Waals surface area (Å²) >= 11 is 0. The SMILES string of the molecule is NC1=CC(F)(CCCn2cncn2)C(N)C=C1. The van der Waals surface area contributed by atoms with E-state index in [1.165, 1.54) is 12.4 Å². The van der Waals surface area contributed by atoms with E-state index in [1.54, 1.807) is 23.2 Å². The summed E-state index contributed by atoms with van der Waals surface area (Å²) < 4.78 is 16.1. The van der Waals surface area contributed by atoms with Crippen LogP contribution in [0.2, 0.25) is 0 Å². The van der Waals surface area contributed by atoms with Crippen molar-refractivity contribution in [3.63, 3.8) is 0 Å². The third-order valence-electron chi connectivity index (χ3n) is 2.87. The van der Waals surface area contributed by atoms with E-state index in [4.69, 9.17) is 11.5 Å². The fourth-order valence-electron chi connectivity index (χ4n) is 1.90. The van der Waals surface area contributed by atoms with Crippen LogP contribution >= 0.6 is 0 Å². The summed E-state index contributed by atoms with van der Waals surface area (Å²) in [4.78, 5) is 3.82. The maximum absolute atomic E-state index is 14.5. The Morgan fingerprint density at radius 3 is 3.06 bits per heavy atom. The molecule has 0 amide bonds. The van der Waals surface area contributed by atoms with E-state index in [0.29, 0.717) is 25.1 Å². The number of aromatic nitrogens is 3. The van der Waals surface area contributed by atoms with Gasteiger partial charge in [0, 0.05) is 12.2 Å². The Morgan fingerprint density at radius 2 is 2.35 bits per heavy atom. The lowest BCUT2D eigenvalue weighted by molar-refractivity contribution is 0.182. The zero-order chi connectivity index (χ0) is 12.3. The molecule has 2 atom stereocenters. The van der Waals surface area contributed by atoms with E-state index in [9.17, 15) is 4.39 Å². The molecule has 0 aromatic carbocycles. The quantitative estimate of drug-likeness (QED) is 0.799. The van der Waals surface area contributed by atoms with Crippen LogP contribution in [0.15, 0.2) is 36.6 Å². The molecule has 5 nitrogen and oxygen atoms in total. The van der Waals surface area contributed by atoms with Crippen LogP contribution in [0.3, 0.4) is 0 Å². The summed E-state index contributed by atoms with van der Waals surface area (Å²) in [5.41, 5.74) is 10.2. The first kappa shape index (κ1) is 11.8. The number of hydrogen-bond donors (Lipinski definition) is 2. The minimum absolute atomic E-state index is 0.319. The van der Waals surface area contributed by atoms with Crippen molar-refractivity contribution in [3.05, 3.63) is 36.6 Å². The number of halogens is 1. The average molecular weight is 237 g/mol. The molecule has 0 saturated carbocycles. The first-order valence-electron chi connectivity index (χ1n) is 5.53. The normalized spacial score (nSPS) is 28.1. The van der Waals surface area contributed by atoms with Gasteiger partial charge in [-0.05, 0) is 25.0 Å². The number of hydrogen-bond acceptors (Lipinski definition) is 4. The predicted octanol–water partition coefficient (Wildman–Crippen LogP) is 0.506. The van der Waals surface area contributed by atoms with E-state index in [-0.39, 0.29) is 0 Å². The Bertz CT molecular complexity index is 425. The third kappa shape index (κ3) is 2.71. The van der Waals surface area contributed by atoms with Crippen molar-refractivity contribution in [2.45, 2.75) is 31.1 Å². The molecule has 1 heterocycles. The van der Waals surface area contributed by atoms with Crippen molar-refractivity contribution in [3.8, 4) is 0 Å². The molecular formula is C11H16FN5. The second-order valence-corrected chi connectivity index (χ2v) is 4.22. The van der Waals surface area contributed by atoms with Crippen LogP contribution in [0.25, 0.3) is 0 Å². The van der Waals surface area contributed by atoms with Crippen molar-refractivity contribution in [1.82, 2.24) is 14.8 Å². The lowest BCUT2D eigenvalue weighted by Gasteiger charge is -2.29. The van der Waals surface area contributed by atoms with Crippen LogP contribution in [0.4, 0.5) is 4.39 Å². The topological polar surface area (TPSA) is 82.8 Å². The van der Waals surface area contributed by atoms with Gasteiger partial charge in [-0.3, -0.25) is 4.68 Å². The van der Waals surface area contributed by atoms with Crippen molar-refractivity contribution in [2.24, 2.45) is 11.5 Å². The number of nitrogens with zero attached hydrogens (tertiary/aromatic N) is 3. The summed E-state index contributed by atoms with van der Waals surface area (Å²) in [7, 11) is 0. The molecule has 1 aliphatic carbocycles. The molecule has 0 radical (unpaired) electrons.